The summed E-state index contributed by atoms with van der Waals surface area (Å²) in [4.78, 5) is 31.3. The molecule has 0 aliphatic carbocycles. The van der Waals surface area contributed by atoms with E-state index in [1.807, 2.05) is 11.9 Å². The lowest BCUT2D eigenvalue weighted by Crippen LogP contribution is -2.51. The summed E-state index contributed by atoms with van der Waals surface area (Å²) in [5, 5.41) is 0. The average Bonchev–Trinajstić information content (AvgIpc) is 2.73. The van der Waals surface area contributed by atoms with Gasteiger partial charge in [0, 0.05) is 50.7 Å². The van der Waals surface area contributed by atoms with Crippen molar-refractivity contribution in [1.29, 1.82) is 0 Å². The number of carbonyl (C=O) groups excluding carboxylic acids is 2. The number of amides is 2. The van der Waals surface area contributed by atoms with E-state index >= 15 is 0 Å². The topological polar surface area (TPSA) is 53.1 Å². The quantitative estimate of drug-likeness (QED) is 0.724. The predicted octanol–water partition coefficient (Wildman–Crippen LogP) is 2.39. The molecule has 2 amide bonds. The third kappa shape index (κ3) is 6.18. The lowest BCUT2D eigenvalue weighted by molar-refractivity contribution is -0.176. The number of nitrogens with zero attached hydrogens (tertiary/aromatic N) is 3. The molecule has 0 spiro atoms. The van der Waals surface area contributed by atoms with Crippen LogP contribution < -0.4 is 0 Å². The summed E-state index contributed by atoms with van der Waals surface area (Å²) in [6.45, 7) is 2.89. The molecule has 1 aromatic carbocycles. The molecule has 9 heteroatoms. The van der Waals surface area contributed by atoms with Crippen LogP contribution in [0.4, 0.5) is 13.2 Å². The zero-order valence-electron chi connectivity index (χ0n) is 17.2. The Morgan fingerprint density at radius 3 is 2.13 bits per heavy atom. The van der Waals surface area contributed by atoms with Crippen molar-refractivity contribution < 1.29 is 27.5 Å². The fourth-order valence-electron chi connectivity index (χ4n) is 3.83. The van der Waals surface area contributed by atoms with Gasteiger partial charge in [0.15, 0.2) is 0 Å². The molecular formula is C21H28F3N3O3. The Kier molecular flexibility index (Phi) is 7.36. The molecule has 1 aromatic rings. The van der Waals surface area contributed by atoms with Crippen molar-refractivity contribution in [3.63, 3.8) is 0 Å². The van der Waals surface area contributed by atoms with Gasteiger partial charge in [-0.25, -0.2) is 0 Å². The average molecular weight is 427 g/mol. The summed E-state index contributed by atoms with van der Waals surface area (Å²) >= 11 is 0. The van der Waals surface area contributed by atoms with Crippen LogP contribution in [0.25, 0.3) is 0 Å². The van der Waals surface area contributed by atoms with Gasteiger partial charge in [0.1, 0.15) is 6.61 Å². The van der Waals surface area contributed by atoms with E-state index in [0.29, 0.717) is 37.1 Å². The van der Waals surface area contributed by atoms with Gasteiger partial charge in [-0.1, -0.05) is 12.1 Å². The first kappa shape index (κ1) is 22.6. The maximum absolute atomic E-state index is 12.7. The van der Waals surface area contributed by atoms with Gasteiger partial charge in [0.2, 0.25) is 5.91 Å². The molecule has 0 saturated carbocycles. The summed E-state index contributed by atoms with van der Waals surface area (Å²) in [5.74, 6) is 0.0345. The van der Waals surface area contributed by atoms with E-state index in [1.165, 1.54) is 0 Å². The third-order valence-corrected chi connectivity index (χ3v) is 5.68. The fraction of sp³-hybridized carbons (Fsp3) is 0.619. The smallest absolute Gasteiger partial charge is 0.367 e. The zero-order valence-corrected chi connectivity index (χ0v) is 17.2. The molecule has 0 unspecified atom stereocenters. The highest BCUT2D eigenvalue weighted by molar-refractivity contribution is 5.94. The molecule has 2 fully saturated rings. The van der Waals surface area contributed by atoms with Crippen LogP contribution in [-0.2, 0) is 16.1 Å². The first-order chi connectivity index (χ1) is 14.2. The van der Waals surface area contributed by atoms with Gasteiger partial charge in [-0.2, -0.15) is 13.2 Å². The van der Waals surface area contributed by atoms with Crippen LogP contribution in [0.15, 0.2) is 24.3 Å². The summed E-state index contributed by atoms with van der Waals surface area (Å²) in [6.07, 6.45) is -3.05. The Morgan fingerprint density at radius 2 is 1.57 bits per heavy atom. The Hall–Kier alpha value is -2.13. The van der Waals surface area contributed by atoms with E-state index in [2.05, 4.69) is 9.64 Å². The minimum Gasteiger partial charge on any atom is -0.367 e. The maximum atomic E-state index is 12.7. The number of likely N-dealkylation sites (N-methyl/N-ethyl adjacent to an activating group) is 1. The van der Waals surface area contributed by atoms with Gasteiger partial charge in [0.05, 0.1) is 6.61 Å². The number of hydrogen-bond acceptors (Lipinski definition) is 4. The molecular weight excluding hydrogens is 399 g/mol. The number of rotatable bonds is 5. The SMILES string of the molecule is CN1CCN(C(=O)C2CCN(C(=O)c3ccc(COCC(F)(F)F)cc3)CC2)CC1. The minimum atomic E-state index is -4.35. The second kappa shape index (κ2) is 9.78. The van der Waals surface area contributed by atoms with Crippen molar-refractivity contribution in [3.05, 3.63) is 35.4 Å². The van der Waals surface area contributed by atoms with Crippen LogP contribution >= 0.6 is 0 Å². The van der Waals surface area contributed by atoms with Crippen molar-refractivity contribution in [2.45, 2.75) is 25.6 Å². The molecule has 3 rings (SSSR count). The molecule has 2 aliphatic rings. The number of piperazine rings is 1. The molecule has 0 bridgehead atoms. The van der Waals surface area contributed by atoms with E-state index < -0.39 is 12.8 Å². The monoisotopic (exact) mass is 427 g/mol. The van der Waals surface area contributed by atoms with Crippen LogP contribution in [0.5, 0.6) is 0 Å². The molecule has 6 nitrogen and oxygen atoms in total. The molecule has 0 aromatic heterocycles. The van der Waals surface area contributed by atoms with Gasteiger partial charge in [-0.3, -0.25) is 9.59 Å². The number of alkyl halides is 3. The standard InChI is InChI=1S/C21H28F3N3O3/c1-25-10-12-27(13-11-25)20(29)18-6-8-26(9-7-18)19(28)17-4-2-16(3-5-17)14-30-15-21(22,23)24/h2-5,18H,6-15H2,1H3. The Labute approximate surface area is 174 Å². The summed E-state index contributed by atoms with van der Waals surface area (Å²) in [5.41, 5.74) is 1.06. The number of carbonyl (C=O) groups is 2. The van der Waals surface area contributed by atoms with E-state index in [-0.39, 0.29) is 24.3 Å². The first-order valence-electron chi connectivity index (χ1n) is 10.2. The summed E-state index contributed by atoms with van der Waals surface area (Å²) in [7, 11) is 2.05. The third-order valence-electron chi connectivity index (χ3n) is 5.68. The van der Waals surface area contributed by atoms with E-state index in [0.717, 1.165) is 26.2 Å². The molecule has 2 aliphatic heterocycles. The highest BCUT2D eigenvalue weighted by Crippen LogP contribution is 2.22. The molecule has 0 atom stereocenters. The molecule has 2 heterocycles. The zero-order chi connectivity index (χ0) is 21.7. The van der Waals surface area contributed by atoms with Crippen LogP contribution in [0.3, 0.4) is 0 Å². The minimum absolute atomic E-state index is 0.0365. The van der Waals surface area contributed by atoms with E-state index in [4.69, 9.17) is 0 Å². The van der Waals surface area contributed by atoms with Gasteiger partial charge in [-0.15, -0.1) is 0 Å². The highest BCUT2D eigenvalue weighted by atomic mass is 19.4. The first-order valence-corrected chi connectivity index (χ1v) is 10.2. The number of likely N-dealkylation sites (tertiary alicyclic amines) is 1. The second-order valence-electron chi connectivity index (χ2n) is 8.00. The van der Waals surface area contributed by atoms with Crippen molar-refractivity contribution in [3.8, 4) is 0 Å². The van der Waals surface area contributed by atoms with E-state index in [9.17, 15) is 22.8 Å². The van der Waals surface area contributed by atoms with Crippen LogP contribution in [0.2, 0.25) is 0 Å². The van der Waals surface area contributed by atoms with Gasteiger partial charge in [0.25, 0.3) is 5.91 Å². The number of benzene rings is 1. The molecule has 166 valence electrons. The number of ether oxygens (including phenoxy) is 1. The van der Waals surface area contributed by atoms with Crippen LogP contribution in [0.1, 0.15) is 28.8 Å². The molecule has 0 radical (unpaired) electrons. The fourth-order valence-corrected chi connectivity index (χ4v) is 3.83. The van der Waals surface area contributed by atoms with Crippen LogP contribution in [-0.4, -0.2) is 85.6 Å². The summed E-state index contributed by atoms with van der Waals surface area (Å²) in [6, 6.07) is 6.42. The molecule has 30 heavy (non-hydrogen) atoms. The molecule has 0 N–H and O–H groups in total. The largest absolute Gasteiger partial charge is 0.411 e. The van der Waals surface area contributed by atoms with E-state index in [1.54, 1.807) is 29.2 Å². The van der Waals surface area contributed by atoms with Crippen molar-refractivity contribution in [1.82, 2.24) is 14.7 Å². The van der Waals surface area contributed by atoms with Gasteiger partial charge in [-0.05, 0) is 37.6 Å². The van der Waals surface area contributed by atoms with Crippen molar-refractivity contribution in [2.24, 2.45) is 5.92 Å². The number of hydrogen-bond donors (Lipinski definition) is 0. The van der Waals surface area contributed by atoms with Crippen molar-refractivity contribution in [2.75, 3.05) is 52.9 Å². The number of piperidine rings is 1. The predicted molar refractivity (Wildman–Crippen MR) is 105 cm³/mol. The van der Waals surface area contributed by atoms with Crippen molar-refractivity contribution >= 4 is 11.8 Å². The Bertz CT molecular complexity index is 723. The number of halogens is 3. The van der Waals surface area contributed by atoms with Crippen LogP contribution in [0, 0.1) is 5.92 Å². The highest BCUT2D eigenvalue weighted by Gasteiger charge is 2.31. The summed E-state index contributed by atoms with van der Waals surface area (Å²) < 4.78 is 41.0. The normalized spacial score (nSPS) is 19.2. The molecule has 2 saturated heterocycles. The van der Waals surface area contributed by atoms with Gasteiger partial charge < -0.3 is 19.4 Å². The lowest BCUT2D eigenvalue weighted by atomic mass is 9.94. The Balaban J connectivity index is 1.46. The lowest BCUT2D eigenvalue weighted by Gasteiger charge is -2.37. The van der Waals surface area contributed by atoms with Gasteiger partial charge >= 0.3 is 6.18 Å². The maximum Gasteiger partial charge on any atom is 0.411 e. The Morgan fingerprint density at radius 1 is 0.967 bits per heavy atom. The second-order valence-corrected chi connectivity index (χ2v) is 8.00.